The van der Waals surface area contributed by atoms with E-state index < -0.39 is 0 Å². The van der Waals surface area contributed by atoms with Gasteiger partial charge in [0.05, 0.1) is 7.11 Å². The minimum atomic E-state index is -0.246. The zero-order valence-electron chi connectivity index (χ0n) is 10.0. The summed E-state index contributed by atoms with van der Waals surface area (Å²) in [6.45, 7) is 3.96. The van der Waals surface area contributed by atoms with Crippen LogP contribution in [0.4, 0.5) is 4.39 Å². The number of hydrogen-bond donors (Lipinski definition) is 1. The Balaban J connectivity index is 2.53. The average Bonchev–Trinajstić information content (AvgIpc) is 3.02. The van der Waals surface area contributed by atoms with Crippen molar-refractivity contribution in [3.8, 4) is 5.75 Å². The fraction of sp³-hybridized carbons (Fsp3) is 0.538. The van der Waals surface area contributed by atoms with Gasteiger partial charge in [0, 0.05) is 17.5 Å². The maximum Gasteiger partial charge on any atom is 0.127 e. The van der Waals surface area contributed by atoms with Crippen LogP contribution < -0.4 is 10.5 Å². The molecule has 0 spiro atoms. The van der Waals surface area contributed by atoms with Crippen molar-refractivity contribution in [2.75, 3.05) is 7.11 Å². The van der Waals surface area contributed by atoms with Crippen LogP contribution in [0.3, 0.4) is 0 Å². The van der Waals surface area contributed by atoms with Crippen molar-refractivity contribution >= 4 is 0 Å². The molecule has 0 amide bonds. The topological polar surface area (TPSA) is 35.2 Å². The molecule has 0 saturated heterocycles. The lowest BCUT2D eigenvalue weighted by Crippen LogP contribution is -2.32. The van der Waals surface area contributed by atoms with Gasteiger partial charge in [-0.25, -0.2) is 4.39 Å². The van der Waals surface area contributed by atoms with E-state index in [-0.39, 0.29) is 17.3 Å². The quantitative estimate of drug-likeness (QED) is 0.854. The van der Waals surface area contributed by atoms with Gasteiger partial charge in [-0.15, -0.1) is 0 Å². The lowest BCUT2D eigenvalue weighted by molar-refractivity contribution is 0.405. The number of hydrogen-bond acceptors (Lipinski definition) is 2. The summed E-state index contributed by atoms with van der Waals surface area (Å²) in [4.78, 5) is 0. The van der Waals surface area contributed by atoms with Gasteiger partial charge in [-0.2, -0.15) is 0 Å². The van der Waals surface area contributed by atoms with E-state index in [1.807, 2.05) is 13.8 Å². The van der Waals surface area contributed by atoms with Crippen molar-refractivity contribution < 1.29 is 9.13 Å². The number of halogens is 1. The van der Waals surface area contributed by atoms with Gasteiger partial charge in [-0.05, 0) is 43.9 Å². The smallest absolute Gasteiger partial charge is 0.127 e. The second kappa shape index (κ2) is 3.74. The summed E-state index contributed by atoms with van der Waals surface area (Å²) in [5.74, 6) is 0.367. The van der Waals surface area contributed by atoms with Gasteiger partial charge in [-0.1, -0.05) is 0 Å². The molecule has 1 aromatic rings. The number of nitrogens with two attached hydrogens (primary N) is 1. The number of benzene rings is 1. The minimum Gasteiger partial charge on any atom is -0.496 e. The van der Waals surface area contributed by atoms with E-state index >= 15 is 0 Å². The Morgan fingerprint density at radius 2 is 2.06 bits per heavy atom. The fourth-order valence-electron chi connectivity index (χ4n) is 2.49. The zero-order valence-corrected chi connectivity index (χ0v) is 10.0. The average molecular weight is 223 g/mol. The van der Waals surface area contributed by atoms with Crippen LogP contribution in [0, 0.1) is 12.7 Å². The Morgan fingerprint density at radius 3 is 2.50 bits per heavy atom. The van der Waals surface area contributed by atoms with Gasteiger partial charge < -0.3 is 10.5 Å². The molecule has 0 heterocycles. The standard InChI is InChI=1S/C13H18FNO/c1-8-11(13(4-5-13)9(2)15)6-10(14)7-12(8)16-3/h6-7,9H,4-5,15H2,1-3H3. The SMILES string of the molecule is COc1cc(F)cc(C2(C(C)N)CC2)c1C. The van der Waals surface area contributed by atoms with Crippen LogP contribution in [0.5, 0.6) is 5.75 Å². The van der Waals surface area contributed by atoms with Crippen molar-refractivity contribution in [1.29, 1.82) is 0 Å². The second-order valence-corrected chi connectivity index (χ2v) is 4.73. The molecule has 3 heteroatoms. The third kappa shape index (κ3) is 1.59. The summed E-state index contributed by atoms with van der Waals surface area (Å²) in [6, 6.07) is 3.09. The third-order valence-corrected chi connectivity index (χ3v) is 3.74. The van der Waals surface area contributed by atoms with E-state index in [9.17, 15) is 4.39 Å². The van der Waals surface area contributed by atoms with E-state index in [0.29, 0.717) is 5.75 Å². The molecule has 1 aliphatic carbocycles. The molecule has 1 saturated carbocycles. The van der Waals surface area contributed by atoms with Crippen molar-refractivity contribution in [1.82, 2.24) is 0 Å². The highest BCUT2D eigenvalue weighted by Gasteiger charge is 2.48. The van der Waals surface area contributed by atoms with E-state index in [2.05, 4.69) is 0 Å². The first-order chi connectivity index (χ1) is 7.51. The summed E-state index contributed by atoms with van der Waals surface area (Å²) < 4.78 is 18.7. The van der Waals surface area contributed by atoms with E-state index in [0.717, 1.165) is 24.0 Å². The first kappa shape index (κ1) is 11.4. The van der Waals surface area contributed by atoms with Crippen molar-refractivity contribution in [2.24, 2.45) is 5.73 Å². The van der Waals surface area contributed by atoms with E-state index in [4.69, 9.17) is 10.5 Å². The van der Waals surface area contributed by atoms with Crippen LogP contribution in [0.2, 0.25) is 0 Å². The highest BCUT2D eigenvalue weighted by Crippen LogP contribution is 2.52. The first-order valence-electron chi connectivity index (χ1n) is 5.61. The van der Waals surface area contributed by atoms with Crippen LogP contribution in [-0.4, -0.2) is 13.2 Å². The van der Waals surface area contributed by atoms with Crippen molar-refractivity contribution in [3.05, 3.63) is 29.1 Å². The Hall–Kier alpha value is -1.09. The van der Waals surface area contributed by atoms with Crippen LogP contribution in [-0.2, 0) is 5.41 Å². The number of ether oxygens (including phenoxy) is 1. The monoisotopic (exact) mass is 223 g/mol. The zero-order chi connectivity index (χ0) is 11.9. The van der Waals surface area contributed by atoms with Crippen LogP contribution >= 0.6 is 0 Å². The number of methoxy groups -OCH3 is 1. The van der Waals surface area contributed by atoms with Gasteiger partial charge in [0.25, 0.3) is 0 Å². The van der Waals surface area contributed by atoms with Gasteiger partial charge in [0.1, 0.15) is 11.6 Å². The van der Waals surface area contributed by atoms with Crippen molar-refractivity contribution in [2.45, 2.75) is 38.1 Å². The van der Waals surface area contributed by atoms with Gasteiger partial charge in [-0.3, -0.25) is 0 Å². The molecular weight excluding hydrogens is 205 g/mol. The minimum absolute atomic E-state index is 0.0283. The molecule has 0 aromatic heterocycles. The largest absolute Gasteiger partial charge is 0.496 e. The predicted octanol–water partition coefficient (Wildman–Crippen LogP) is 2.52. The predicted molar refractivity (Wildman–Crippen MR) is 62.3 cm³/mol. The molecule has 2 nitrogen and oxygen atoms in total. The van der Waals surface area contributed by atoms with Gasteiger partial charge in [0.15, 0.2) is 0 Å². The Morgan fingerprint density at radius 1 is 1.44 bits per heavy atom. The summed E-state index contributed by atoms with van der Waals surface area (Å²) in [7, 11) is 1.57. The van der Waals surface area contributed by atoms with Crippen LogP contribution in [0.25, 0.3) is 0 Å². The van der Waals surface area contributed by atoms with Crippen molar-refractivity contribution in [3.63, 3.8) is 0 Å². The molecule has 2 rings (SSSR count). The molecule has 2 N–H and O–H groups in total. The molecule has 0 aliphatic heterocycles. The second-order valence-electron chi connectivity index (χ2n) is 4.73. The molecular formula is C13H18FNO. The highest BCUT2D eigenvalue weighted by atomic mass is 19.1. The summed E-state index contributed by atoms with van der Waals surface area (Å²) >= 11 is 0. The van der Waals surface area contributed by atoms with Crippen LogP contribution in [0.1, 0.15) is 30.9 Å². The molecule has 0 radical (unpaired) electrons. The third-order valence-electron chi connectivity index (χ3n) is 3.74. The van der Waals surface area contributed by atoms with Gasteiger partial charge in [0.2, 0.25) is 0 Å². The molecule has 16 heavy (non-hydrogen) atoms. The lowest BCUT2D eigenvalue weighted by atomic mass is 9.86. The molecule has 1 atom stereocenters. The maximum atomic E-state index is 13.5. The fourth-order valence-corrected chi connectivity index (χ4v) is 2.49. The molecule has 1 aliphatic rings. The van der Waals surface area contributed by atoms with E-state index in [1.54, 1.807) is 13.2 Å². The summed E-state index contributed by atoms with van der Waals surface area (Å²) in [5.41, 5.74) is 8.01. The maximum absolute atomic E-state index is 13.5. The molecule has 0 bridgehead atoms. The molecule has 1 fully saturated rings. The molecule has 1 aromatic carbocycles. The van der Waals surface area contributed by atoms with Crippen LogP contribution in [0.15, 0.2) is 12.1 Å². The summed E-state index contributed by atoms with van der Waals surface area (Å²) in [5, 5.41) is 0. The van der Waals surface area contributed by atoms with E-state index in [1.165, 1.54) is 6.07 Å². The first-order valence-corrected chi connectivity index (χ1v) is 5.61. The van der Waals surface area contributed by atoms with Gasteiger partial charge >= 0.3 is 0 Å². The number of rotatable bonds is 3. The normalized spacial score (nSPS) is 19.3. The molecule has 1 unspecified atom stereocenters. The highest BCUT2D eigenvalue weighted by molar-refractivity contribution is 5.47. The summed E-state index contributed by atoms with van der Waals surface area (Å²) in [6.07, 6.45) is 2.08. The molecule has 88 valence electrons. The Labute approximate surface area is 95.6 Å². The lowest BCUT2D eigenvalue weighted by Gasteiger charge is -2.23. The Kier molecular flexibility index (Phi) is 2.66. The Bertz CT molecular complexity index is 411.